The molecule has 1 rings (SSSR count). The van der Waals surface area contributed by atoms with E-state index in [9.17, 15) is 0 Å². The fraction of sp³-hybridized carbons (Fsp3) is 0.643. The van der Waals surface area contributed by atoms with E-state index < -0.39 is 0 Å². The molecule has 0 aliphatic heterocycles. The first kappa shape index (κ1) is 14.6. The highest BCUT2D eigenvalue weighted by molar-refractivity contribution is 5.57. The Hall–Kier alpha value is -1.47. The Morgan fingerprint density at radius 1 is 1.28 bits per heavy atom. The summed E-state index contributed by atoms with van der Waals surface area (Å²) >= 11 is 0. The second-order valence-electron chi connectivity index (χ2n) is 4.55. The van der Waals surface area contributed by atoms with Crippen LogP contribution < -0.4 is 5.73 Å². The number of nitrogens with zero attached hydrogens (tertiary/aromatic N) is 2. The zero-order chi connectivity index (χ0) is 13.5. The summed E-state index contributed by atoms with van der Waals surface area (Å²) in [7, 11) is 0. The van der Waals surface area contributed by atoms with Crippen LogP contribution in [-0.2, 0) is 11.3 Å². The number of aromatic nitrogens is 1. The summed E-state index contributed by atoms with van der Waals surface area (Å²) in [5, 5.41) is 9.04. The van der Waals surface area contributed by atoms with Gasteiger partial charge in [0.25, 0.3) is 0 Å². The van der Waals surface area contributed by atoms with Crippen LogP contribution in [0.5, 0.6) is 0 Å². The van der Waals surface area contributed by atoms with E-state index in [4.69, 9.17) is 15.7 Å². The average molecular weight is 249 g/mol. The van der Waals surface area contributed by atoms with Gasteiger partial charge in [0, 0.05) is 25.5 Å². The molecule has 0 aliphatic rings. The van der Waals surface area contributed by atoms with Crippen LogP contribution in [0.2, 0.25) is 0 Å². The minimum Gasteiger partial charge on any atom is -0.384 e. The lowest BCUT2D eigenvalue weighted by atomic mass is 10.2. The first-order chi connectivity index (χ1) is 8.63. The molecule has 0 aliphatic carbocycles. The lowest BCUT2D eigenvalue weighted by Crippen LogP contribution is -2.08. The van der Waals surface area contributed by atoms with Crippen molar-refractivity contribution in [2.24, 2.45) is 0 Å². The molecule has 2 N–H and O–H groups in total. The fourth-order valence-electron chi connectivity index (χ4n) is 1.99. The molecule has 0 fully saturated rings. The highest BCUT2D eigenvalue weighted by Crippen LogP contribution is 2.23. The monoisotopic (exact) mass is 249 g/mol. The molecule has 0 bridgehead atoms. The Morgan fingerprint density at radius 3 is 2.50 bits per heavy atom. The van der Waals surface area contributed by atoms with Gasteiger partial charge in [-0.3, -0.25) is 0 Å². The summed E-state index contributed by atoms with van der Waals surface area (Å²) in [6, 6.07) is 2.17. The normalized spacial score (nSPS) is 10.6. The summed E-state index contributed by atoms with van der Waals surface area (Å²) < 4.78 is 7.53. The van der Waals surface area contributed by atoms with Crippen LogP contribution in [0.4, 0.5) is 5.82 Å². The van der Waals surface area contributed by atoms with Crippen LogP contribution in [0.25, 0.3) is 0 Å². The summed E-state index contributed by atoms with van der Waals surface area (Å²) in [5.74, 6) is 0.584. The highest BCUT2D eigenvalue weighted by Gasteiger charge is 2.14. The Labute approximate surface area is 109 Å². The van der Waals surface area contributed by atoms with Gasteiger partial charge in [-0.2, -0.15) is 5.26 Å². The molecule has 18 heavy (non-hydrogen) atoms. The Bertz CT molecular complexity index is 429. The minimum absolute atomic E-state index is 0.584. The fourth-order valence-corrected chi connectivity index (χ4v) is 1.99. The van der Waals surface area contributed by atoms with Crippen molar-refractivity contribution in [1.82, 2.24) is 4.57 Å². The highest BCUT2D eigenvalue weighted by atomic mass is 16.5. The number of nitriles is 1. The molecule has 0 saturated carbocycles. The van der Waals surface area contributed by atoms with Gasteiger partial charge in [-0.1, -0.05) is 13.3 Å². The predicted octanol–water partition coefficient (Wildman–Crippen LogP) is 2.77. The number of nitrogens with two attached hydrogens (primary N) is 1. The summed E-state index contributed by atoms with van der Waals surface area (Å²) in [4.78, 5) is 0. The van der Waals surface area contributed by atoms with Crippen molar-refractivity contribution < 1.29 is 4.74 Å². The third-order valence-corrected chi connectivity index (χ3v) is 3.29. The van der Waals surface area contributed by atoms with E-state index in [2.05, 4.69) is 13.0 Å². The van der Waals surface area contributed by atoms with E-state index in [1.54, 1.807) is 0 Å². The van der Waals surface area contributed by atoms with Gasteiger partial charge in [0.05, 0.1) is 5.56 Å². The Morgan fingerprint density at radius 2 is 1.94 bits per heavy atom. The zero-order valence-electron chi connectivity index (χ0n) is 11.6. The number of rotatable bonds is 7. The molecule has 0 unspecified atom stereocenters. The molecule has 4 nitrogen and oxygen atoms in total. The maximum atomic E-state index is 9.04. The van der Waals surface area contributed by atoms with Gasteiger partial charge in [-0.15, -0.1) is 0 Å². The molecule has 1 heterocycles. The third kappa shape index (κ3) is 3.27. The smallest absolute Gasteiger partial charge is 0.122 e. The second kappa shape index (κ2) is 7.07. The van der Waals surface area contributed by atoms with Gasteiger partial charge in [-0.05, 0) is 32.3 Å². The minimum atomic E-state index is 0.584. The van der Waals surface area contributed by atoms with Crippen molar-refractivity contribution in [1.29, 1.82) is 5.26 Å². The zero-order valence-corrected chi connectivity index (χ0v) is 11.6. The van der Waals surface area contributed by atoms with Crippen molar-refractivity contribution in [3.63, 3.8) is 0 Å². The summed E-state index contributed by atoms with van der Waals surface area (Å²) in [6.07, 6.45) is 3.20. The largest absolute Gasteiger partial charge is 0.384 e. The summed E-state index contributed by atoms with van der Waals surface area (Å²) in [5.41, 5.74) is 8.66. The van der Waals surface area contributed by atoms with Gasteiger partial charge in [-0.25, -0.2) is 0 Å². The molecule has 0 atom stereocenters. The molecule has 0 radical (unpaired) electrons. The van der Waals surface area contributed by atoms with Gasteiger partial charge in [0.1, 0.15) is 11.9 Å². The lowest BCUT2D eigenvalue weighted by molar-refractivity contribution is 0.126. The van der Waals surface area contributed by atoms with E-state index in [0.717, 1.165) is 50.3 Å². The molecule has 0 amide bonds. The lowest BCUT2D eigenvalue weighted by Gasteiger charge is -2.09. The predicted molar refractivity (Wildman–Crippen MR) is 73.4 cm³/mol. The van der Waals surface area contributed by atoms with Crippen LogP contribution in [0.15, 0.2) is 0 Å². The molecule has 1 aromatic rings. The van der Waals surface area contributed by atoms with Crippen molar-refractivity contribution in [3.05, 3.63) is 16.8 Å². The van der Waals surface area contributed by atoms with Crippen molar-refractivity contribution in [2.75, 3.05) is 18.9 Å². The number of hydrogen-bond donors (Lipinski definition) is 1. The van der Waals surface area contributed by atoms with Crippen LogP contribution in [-0.4, -0.2) is 17.8 Å². The summed E-state index contributed by atoms with van der Waals surface area (Å²) in [6.45, 7) is 8.49. The molecular weight excluding hydrogens is 226 g/mol. The first-order valence-electron chi connectivity index (χ1n) is 6.56. The molecule has 0 saturated heterocycles. The Balaban J connectivity index is 2.51. The van der Waals surface area contributed by atoms with Crippen LogP contribution in [0.1, 0.15) is 43.0 Å². The first-order valence-corrected chi connectivity index (χ1v) is 6.56. The van der Waals surface area contributed by atoms with E-state index in [0.29, 0.717) is 11.4 Å². The van der Waals surface area contributed by atoms with Gasteiger partial charge >= 0.3 is 0 Å². The standard InChI is InChI=1S/C14H23N3O/c1-4-5-8-18-9-6-7-17-12(3)11(2)13(10-15)14(17)16/h4-9,16H2,1-3H3. The molecule has 0 aromatic carbocycles. The van der Waals surface area contributed by atoms with Crippen molar-refractivity contribution in [3.8, 4) is 6.07 Å². The van der Waals surface area contributed by atoms with Crippen LogP contribution in [0.3, 0.4) is 0 Å². The van der Waals surface area contributed by atoms with E-state index in [1.165, 1.54) is 0 Å². The van der Waals surface area contributed by atoms with Crippen molar-refractivity contribution in [2.45, 2.75) is 46.6 Å². The van der Waals surface area contributed by atoms with Gasteiger partial charge in [0.2, 0.25) is 0 Å². The van der Waals surface area contributed by atoms with Crippen molar-refractivity contribution >= 4 is 5.82 Å². The van der Waals surface area contributed by atoms with Gasteiger partial charge in [0.15, 0.2) is 0 Å². The van der Waals surface area contributed by atoms with E-state index >= 15 is 0 Å². The average Bonchev–Trinajstić information content (AvgIpc) is 2.56. The molecule has 100 valence electrons. The number of unbranched alkanes of at least 4 members (excludes halogenated alkanes) is 1. The quantitative estimate of drug-likeness (QED) is 0.756. The Kier molecular flexibility index (Phi) is 5.73. The topological polar surface area (TPSA) is 64.0 Å². The van der Waals surface area contributed by atoms with Crippen LogP contribution >= 0.6 is 0 Å². The van der Waals surface area contributed by atoms with Gasteiger partial charge < -0.3 is 15.0 Å². The molecule has 1 aromatic heterocycles. The van der Waals surface area contributed by atoms with E-state index in [-0.39, 0.29) is 0 Å². The SMILES string of the molecule is CCCCOCCCn1c(C)c(C)c(C#N)c1N. The maximum absolute atomic E-state index is 9.04. The molecule has 4 heteroatoms. The number of anilines is 1. The molecule has 0 spiro atoms. The third-order valence-electron chi connectivity index (χ3n) is 3.29. The number of nitrogen functional groups attached to an aromatic ring is 1. The number of ether oxygens (including phenoxy) is 1. The van der Waals surface area contributed by atoms with E-state index in [1.807, 2.05) is 18.4 Å². The second-order valence-corrected chi connectivity index (χ2v) is 4.55. The maximum Gasteiger partial charge on any atom is 0.122 e. The van der Waals surface area contributed by atoms with Crippen LogP contribution in [0, 0.1) is 25.2 Å². The number of hydrogen-bond acceptors (Lipinski definition) is 3. The molecular formula is C14H23N3O.